The number of benzene rings is 8. The van der Waals surface area contributed by atoms with Crippen molar-refractivity contribution in [3.05, 3.63) is 200 Å². The number of aromatic nitrogens is 2. The summed E-state index contributed by atoms with van der Waals surface area (Å²) in [5.74, 6) is 1.45. The molecule has 0 amide bonds. The highest BCUT2D eigenvalue weighted by Crippen LogP contribution is 2.48. The van der Waals surface area contributed by atoms with E-state index in [4.69, 9.17) is 4.98 Å². The van der Waals surface area contributed by atoms with Crippen molar-refractivity contribution < 1.29 is 0 Å². The number of imidazole rings is 1. The van der Waals surface area contributed by atoms with Crippen LogP contribution in [-0.2, 0) is 6.42 Å². The number of fused-ring (bicyclic) bond motifs is 5. The summed E-state index contributed by atoms with van der Waals surface area (Å²) in [6.45, 7) is 8.26. The quantitative estimate of drug-likeness (QED) is 0.118. The Kier molecular flexibility index (Phi) is 8.61. The van der Waals surface area contributed by atoms with Crippen LogP contribution in [0.5, 0.6) is 0 Å². The molecular weight excluding hydrogens is 689 g/mol. The summed E-state index contributed by atoms with van der Waals surface area (Å²) < 4.78 is 2.25. The predicted octanol–water partition coefficient (Wildman–Crippen LogP) is 15.0. The number of rotatable bonds is 7. The van der Waals surface area contributed by atoms with Crippen molar-refractivity contribution in [3.63, 3.8) is 0 Å². The van der Waals surface area contributed by atoms with E-state index in [1.54, 1.807) is 6.08 Å². The van der Waals surface area contributed by atoms with Gasteiger partial charge in [0.1, 0.15) is 5.82 Å². The van der Waals surface area contributed by atoms with Crippen molar-refractivity contribution in [3.8, 4) is 44.8 Å². The van der Waals surface area contributed by atoms with Gasteiger partial charge in [0.05, 0.1) is 11.0 Å². The molecule has 0 aliphatic heterocycles. The minimum Gasteiger partial charge on any atom is -0.296 e. The third kappa shape index (κ3) is 5.93. The van der Waals surface area contributed by atoms with Gasteiger partial charge >= 0.3 is 0 Å². The smallest absolute Gasteiger partial charge is 0.145 e. The van der Waals surface area contributed by atoms with E-state index in [1.165, 1.54) is 76.8 Å². The lowest BCUT2D eigenvalue weighted by Gasteiger charge is -2.23. The maximum atomic E-state index is 5.12. The Bertz CT molecular complexity index is 3130. The molecule has 1 aromatic heterocycles. The summed E-state index contributed by atoms with van der Waals surface area (Å²) in [4.78, 5) is 5.12. The first-order valence-corrected chi connectivity index (χ1v) is 19.9. The molecule has 1 unspecified atom stereocenters. The van der Waals surface area contributed by atoms with Gasteiger partial charge in [-0.1, -0.05) is 177 Å². The number of allylic oxidation sites excluding steroid dienone is 6. The van der Waals surface area contributed by atoms with Gasteiger partial charge in [-0.25, -0.2) is 4.98 Å². The first kappa shape index (κ1) is 34.5. The lowest BCUT2D eigenvalue weighted by molar-refractivity contribution is 0.717. The fourth-order valence-corrected chi connectivity index (χ4v) is 9.00. The predicted molar refractivity (Wildman–Crippen MR) is 245 cm³/mol. The molecule has 0 spiro atoms. The van der Waals surface area contributed by atoms with Gasteiger partial charge in [0, 0.05) is 11.3 Å². The maximum Gasteiger partial charge on any atom is 0.145 e. The van der Waals surface area contributed by atoms with E-state index >= 15 is 0 Å². The van der Waals surface area contributed by atoms with Crippen LogP contribution in [0.1, 0.15) is 25.0 Å². The molecule has 2 heteroatoms. The van der Waals surface area contributed by atoms with E-state index < -0.39 is 0 Å². The van der Waals surface area contributed by atoms with Gasteiger partial charge in [-0.05, 0) is 120 Å². The van der Waals surface area contributed by atoms with Crippen molar-refractivity contribution in [1.82, 2.24) is 9.55 Å². The minimum absolute atomic E-state index is 0.523. The van der Waals surface area contributed by atoms with E-state index in [9.17, 15) is 0 Å². The standard InChI is InChI=1S/C55H42N2/c1-4-5-6-15-37(3)57-52-25-12-11-24-51(52)56-55(57)40-29-27-38(28-30-40)41-31-33-49-50(35-41)54(46-23-14-18-42-34-36(2)26-32-44(42)46)48-21-10-9-20-47(48)53(49)45-22-13-17-39-16-7-8-19-43(39)45/h4-33,35-36H,1,34H2,2-3H3/b6-5-,37-15+. The van der Waals surface area contributed by atoms with Crippen LogP contribution in [0.4, 0.5) is 0 Å². The Labute approximate surface area is 334 Å². The van der Waals surface area contributed by atoms with Crippen molar-refractivity contribution in [2.45, 2.75) is 20.3 Å². The number of para-hydroxylation sites is 2. The van der Waals surface area contributed by atoms with Crippen LogP contribution in [0.15, 0.2) is 189 Å². The lowest BCUT2D eigenvalue weighted by atomic mass is 9.80. The molecule has 1 aliphatic carbocycles. The van der Waals surface area contributed by atoms with Crippen LogP contribution < -0.4 is 0 Å². The van der Waals surface area contributed by atoms with Gasteiger partial charge in [-0.2, -0.15) is 0 Å². The van der Waals surface area contributed by atoms with Crippen LogP contribution in [0.2, 0.25) is 0 Å². The molecule has 1 heterocycles. The van der Waals surface area contributed by atoms with E-state index in [0.717, 1.165) is 34.5 Å². The Morgan fingerprint density at radius 2 is 1.28 bits per heavy atom. The molecule has 0 saturated carbocycles. The first-order chi connectivity index (χ1) is 28.1. The summed E-state index contributed by atoms with van der Waals surface area (Å²) in [6.07, 6.45) is 13.7. The SMILES string of the molecule is C=C/C=C\C=C(/C)n1c(-c2ccc(-c3ccc4c(-c5cccc6ccccc56)c5ccccc5c(-c5cccc6c5C=CC(C)C6)c4c3)cc2)nc2ccccc21. The van der Waals surface area contributed by atoms with Crippen LogP contribution in [0, 0.1) is 5.92 Å². The average Bonchev–Trinajstić information content (AvgIpc) is 3.65. The second-order valence-corrected chi connectivity index (χ2v) is 15.3. The van der Waals surface area contributed by atoms with Gasteiger partial charge in [0.2, 0.25) is 0 Å². The first-order valence-electron chi connectivity index (χ1n) is 19.9. The van der Waals surface area contributed by atoms with Crippen molar-refractivity contribution >= 4 is 55.1 Å². The van der Waals surface area contributed by atoms with Gasteiger partial charge in [-0.3, -0.25) is 4.57 Å². The molecule has 10 rings (SSSR count). The summed E-state index contributed by atoms with van der Waals surface area (Å²) in [5.41, 5.74) is 14.4. The summed E-state index contributed by atoms with van der Waals surface area (Å²) >= 11 is 0. The van der Waals surface area contributed by atoms with Crippen LogP contribution in [0.3, 0.4) is 0 Å². The molecule has 1 aliphatic rings. The lowest BCUT2D eigenvalue weighted by Crippen LogP contribution is -2.04. The van der Waals surface area contributed by atoms with Gasteiger partial charge in [-0.15, -0.1) is 0 Å². The van der Waals surface area contributed by atoms with Crippen molar-refractivity contribution in [2.24, 2.45) is 5.92 Å². The number of hydrogen-bond donors (Lipinski definition) is 0. The Morgan fingerprint density at radius 1 is 0.632 bits per heavy atom. The molecule has 57 heavy (non-hydrogen) atoms. The Hall–Kier alpha value is -7.03. The van der Waals surface area contributed by atoms with Crippen molar-refractivity contribution in [1.29, 1.82) is 0 Å². The van der Waals surface area contributed by atoms with E-state index in [1.807, 2.05) is 18.2 Å². The fourth-order valence-electron chi connectivity index (χ4n) is 9.00. The van der Waals surface area contributed by atoms with E-state index in [-0.39, 0.29) is 0 Å². The normalized spacial score (nSPS) is 14.3. The monoisotopic (exact) mass is 730 g/mol. The third-order valence-corrected chi connectivity index (χ3v) is 11.7. The van der Waals surface area contributed by atoms with Gasteiger partial charge in [0.25, 0.3) is 0 Å². The zero-order valence-corrected chi connectivity index (χ0v) is 32.3. The van der Waals surface area contributed by atoms with Crippen LogP contribution in [0.25, 0.3) is 99.9 Å². The average molecular weight is 731 g/mol. The third-order valence-electron chi connectivity index (χ3n) is 11.7. The molecule has 272 valence electrons. The Morgan fingerprint density at radius 3 is 2.11 bits per heavy atom. The summed E-state index contributed by atoms with van der Waals surface area (Å²) in [7, 11) is 0. The second kappa shape index (κ2) is 14.2. The largest absolute Gasteiger partial charge is 0.296 e. The molecule has 0 radical (unpaired) electrons. The molecule has 0 fully saturated rings. The maximum absolute atomic E-state index is 5.12. The second-order valence-electron chi connectivity index (χ2n) is 15.3. The zero-order valence-electron chi connectivity index (χ0n) is 32.3. The minimum atomic E-state index is 0.523. The number of hydrogen-bond acceptors (Lipinski definition) is 1. The molecule has 0 saturated heterocycles. The summed E-state index contributed by atoms with van der Waals surface area (Å²) in [5, 5.41) is 7.57. The molecule has 1 atom stereocenters. The van der Waals surface area contributed by atoms with E-state index in [2.05, 4.69) is 189 Å². The molecule has 9 aromatic rings. The summed E-state index contributed by atoms with van der Waals surface area (Å²) in [6, 6.07) is 55.8. The molecule has 0 N–H and O–H groups in total. The fraction of sp³-hybridized carbons (Fsp3) is 0.0727. The zero-order chi connectivity index (χ0) is 38.5. The molecular formula is C55H42N2. The highest BCUT2D eigenvalue weighted by atomic mass is 15.1. The highest BCUT2D eigenvalue weighted by molar-refractivity contribution is 6.24. The topological polar surface area (TPSA) is 17.8 Å². The highest BCUT2D eigenvalue weighted by Gasteiger charge is 2.22. The number of nitrogens with zero attached hydrogens (tertiary/aromatic N) is 2. The van der Waals surface area contributed by atoms with Crippen LogP contribution >= 0.6 is 0 Å². The van der Waals surface area contributed by atoms with Gasteiger partial charge < -0.3 is 0 Å². The van der Waals surface area contributed by atoms with E-state index in [0.29, 0.717) is 5.92 Å². The van der Waals surface area contributed by atoms with Gasteiger partial charge in [0.15, 0.2) is 0 Å². The molecule has 0 bridgehead atoms. The molecule has 8 aromatic carbocycles. The molecule has 2 nitrogen and oxygen atoms in total. The van der Waals surface area contributed by atoms with Crippen LogP contribution in [-0.4, -0.2) is 9.55 Å². The Balaban J connectivity index is 1.20. The van der Waals surface area contributed by atoms with Crippen molar-refractivity contribution in [2.75, 3.05) is 0 Å².